The zero-order chi connectivity index (χ0) is 18.9. The maximum Gasteiger partial charge on any atom is 0.251 e. The van der Waals surface area contributed by atoms with Crippen molar-refractivity contribution in [3.63, 3.8) is 0 Å². The van der Waals surface area contributed by atoms with E-state index in [0.29, 0.717) is 5.56 Å². The van der Waals surface area contributed by atoms with Crippen LogP contribution in [0.1, 0.15) is 32.9 Å². The highest BCUT2D eigenvalue weighted by Crippen LogP contribution is 2.12. The number of nitrogens with zero attached hydrogens (tertiary/aromatic N) is 2. The predicted molar refractivity (Wildman–Crippen MR) is 103 cm³/mol. The van der Waals surface area contributed by atoms with E-state index in [1.54, 1.807) is 14.1 Å². The first-order chi connectivity index (χ1) is 12.5. The molecule has 0 spiro atoms. The van der Waals surface area contributed by atoms with Crippen LogP contribution in [0.25, 0.3) is 0 Å². The summed E-state index contributed by atoms with van der Waals surface area (Å²) in [4.78, 5) is 15.9. The Hall–Kier alpha value is -2.83. The third kappa shape index (κ3) is 5.34. The van der Waals surface area contributed by atoms with Crippen LogP contribution in [0.5, 0.6) is 0 Å². The molecule has 0 unspecified atom stereocenters. The van der Waals surface area contributed by atoms with Crippen molar-refractivity contribution in [2.45, 2.75) is 26.7 Å². The molecule has 0 aliphatic heterocycles. The van der Waals surface area contributed by atoms with Crippen LogP contribution in [0.4, 0.5) is 0 Å². The maximum atomic E-state index is 11.7. The molecule has 0 fully saturated rings. The average Bonchev–Trinajstić information content (AvgIpc) is 2.98. The molecule has 1 aromatic carbocycles. The van der Waals surface area contributed by atoms with Gasteiger partial charge in [-0.05, 0) is 44.4 Å². The molecule has 0 atom stereocenters. The molecule has 3 N–H and O–H groups in total. The normalized spacial score (nSPS) is 11.3. The van der Waals surface area contributed by atoms with Crippen LogP contribution in [0.15, 0.2) is 33.8 Å². The lowest BCUT2D eigenvalue weighted by atomic mass is 10.1. The van der Waals surface area contributed by atoms with Crippen LogP contribution < -0.4 is 16.0 Å². The summed E-state index contributed by atoms with van der Waals surface area (Å²) < 4.78 is 5.18. The Bertz CT molecular complexity index is 748. The minimum Gasteiger partial charge on any atom is -0.361 e. The van der Waals surface area contributed by atoms with Gasteiger partial charge in [-0.1, -0.05) is 17.3 Å². The number of hydrogen-bond donors (Lipinski definition) is 3. The molecule has 7 nitrogen and oxygen atoms in total. The highest BCUT2D eigenvalue weighted by molar-refractivity contribution is 5.94. The lowest BCUT2D eigenvalue weighted by Crippen LogP contribution is -2.39. The third-order valence-corrected chi connectivity index (χ3v) is 4.19. The molecular formula is C19H27N5O2. The molecule has 140 valence electrons. The second-order valence-corrected chi connectivity index (χ2v) is 6.01. The van der Waals surface area contributed by atoms with Crippen molar-refractivity contribution in [3.8, 4) is 0 Å². The van der Waals surface area contributed by atoms with E-state index in [4.69, 9.17) is 4.52 Å². The SMILES string of the molecule is CN=C(NCCc1cccc(C(=O)NC)c1)NCCc1c(C)noc1C. The van der Waals surface area contributed by atoms with Gasteiger partial charge in [0.2, 0.25) is 0 Å². The summed E-state index contributed by atoms with van der Waals surface area (Å²) in [7, 11) is 3.38. The van der Waals surface area contributed by atoms with Crippen molar-refractivity contribution in [2.75, 3.05) is 27.2 Å². The predicted octanol–water partition coefficient (Wildman–Crippen LogP) is 1.60. The fraction of sp³-hybridized carbons (Fsp3) is 0.421. The highest BCUT2D eigenvalue weighted by atomic mass is 16.5. The number of guanidine groups is 1. The lowest BCUT2D eigenvalue weighted by Gasteiger charge is -2.12. The van der Waals surface area contributed by atoms with Crippen LogP contribution in [0, 0.1) is 13.8 Å². The van der Waals surface area contributed by atoms with E-state index < -0.39 is 0 Å². The van der Waals surface area contributed by atoms with Crippen LogP contribution in [-0.4, -0.2) is 44.2 Å². The van der Waals surface area contributed by atoms with Crippen molar-refractivity contribution in [1.82, 2.24) is 21.1 Å². The van der Waals surface area contributed by atoms with E-state index in [2.05, 4.69) is 26.1 Å². The Morgan fingerprint density at radius 2 is 1.92 bits per heavy atom. The van der Waals surface area contributed by atoms with E-state index in [-0.39, 0.29) is 5.91 Å². The number of aliphatic imine (C=N–C) groups is 1. The summed E-state index contributed by atoms with van der Waals surface area (Å²) in [6, 6.07) is 7.64. The van der Waals surface area contributed by atoms with Gasteiger partial charge in [-0.3, -0.25) is 9.79 Å². The molecule has 26 heavy (non-hydrogen) atoms. The molecule has 1 amide bonds. The highest BCUT2D eigenvalue weighted by Gasteiger charge is 2.08. The van der Waals surface area contributed by atoms with E-state index in [9.17, 15) is 4.79 Å². The largest absolute Gasteiger partial charge is 0.361 e. The van der Waals surface area contributed by atoms with E-state index in [1.807, 2.05) is 38.1 Å². The summed E-state index contributed by atoms with van der Waals surface area (Å²) in [5.41, 5.74) is 3.85. The number of nitrogens with one attached hydrogen (secondary N) is 3. The smallest absolute Gasteiger partial charge is 0.251 e. The number of carbonyl (C=O) groups is 1. The molecule has 2 rings (SSSR count). The molecular weight excluding hydrogens is 330 g/mol. The number of rotatable bonds is 7. The molecule has 0 radical (unpaired) electrons. The quantitative estimate of drug-likeness (QED) is 0.517. The van der Waals surface area contributed by atoms with Crippen LogP contribution in [0.2, 0.25) is 0 Å². The molecule has 1 aromatic heterocycles. The summed E-state index contributed by atoms with van der Waals surface area (Å²) in [5, 5.41) is 13.2. The van der Waals surface area contributed by atoms with Crippen molar-refractivity contribution in [2.24, 2.45) is 4.99 Å². The number of amides is 1. The first-order valence-corrected chi connectivity index (χ1v) is 8.72. The Kier molecular flexibility index (Phi) is 7.20. The zero-order valence-electron chi connectivity index (χ0n) is 15.8. The molecule has 0 aliphatic rings. The van der Waals surface area contributed by atoms with E-state index >= 15 is 0 Å². The Balaban J connectivity index is 1.78. The summed E-state index contributed by atoms with van der Waals surface area (Å²) >= 11 is 0. The molecule has 0 aliphatic carbocycles. The number of aromatic nitrogens is 1. The average molecular weight is 357 g/mol. The van der Waals surface area contributed by atoms with Gasteiger partial charge in [0.15, 0.2) is 5.96 Å². The number of carbonyl (C=O) groups excluding carboxylic acids is 1. The van der Waals surface area contributed by atoms with Crippen molar-refractivity contribution < 1.29 is 9.32 Å². The van der Waals surface area contributed by atoms with Crippen molar-refractivity contribution in [3.05, 3.63) is 52.4 Å². The zero-order valence-corrected chi connectivity index (χ0v) is 15.8. The fourth-order valence-electron chi connectivity index (χ4n) is 2.72. The minimum absolute atomic E-state index is 0.0726. The van der Waals surface area contributed by atoms with Crippen LogP contribution in [0.3, 0.4) is 0 Å². The van der Waals surface area contributed by atoms with Gasteiger partial charge >= 0.3 is 0 Å². The fourth-order valence-corrected chi connectivity index (χ4v) is 2.72. The third-order valence-electron chi connectivity index (χ3n) is 4.19. The van der Waals surface area contributed by atoms with Gasteiger partial charge in [0.05, 0.1) is 5.69 Å². The van der Waals surface area contributed by atoms with E-state index in [1.165, 1.54) is 0 Å². The molecule has 0 bridgehead atoms. The first-order valence-electron chi connectivity index (χ1n) is 8.72. The molecule has 2 aromatic rings. The number of aryl methyl sites for hydroxylation is 2. The van der Waals surface area contributed by atoms with Crippen molar-refractivity contribution >= 4 is 11.9 Å². The van der Waals surface area contributed by atoms with Crippen LogP contribution >= 0.6 is 0 Å². The summed E-state index contributed by atoms with van der Waals surface area (Å²) in [6.45, 7) is 5.35. The summed E-state index contributed by atoms with van der Waals surface area (Å²) in [6.07, 6.45) is 1.63. The summed E-state index contributed by atoms with van der Waals surface area (Å²) in [5.74, 6) is 1.54. The van der Waals surface area contributed by atoms with Gasteiger partial charge in [0.25, 0.3) is 5.91 Å². The topological polar surface area (TPSA) is 91.5 Å². The number of benzene rings is 1. The first kappa shape index (κ1) is 19.5. The van der Waals surface area contributed by atoms with Gasteiger partial charge in [0.1, 0.15) is 5.76 Å². The van der Waals surface area contributed by atoms with Gasteiger partial charge in [-0.25, -0.2) is 0 Å². The Morgan fingerprint density at radius 3 is 2.54 bits per heavy atom. The molecule has 1 heterocycles. The Morgan fingerprint density at radius 1 is 1.19 bits per heavy atom. The van der Waals surface area contributed by atoms with Gasteiger partial charge in [0, 0.05) is 38.3 Å². The number of hydrogen-bond acceptors (Lipinski definition) is 4. The Labute approximate surface area is 154 Å². The van der Waals surface area contributed by atoms with Gasteiger partial charge < -0.3 is 20.5 Å². The second-order valence-electron chi connectivity index (χ2n) is 6.01. The lowest BCUT2D eigenvalue weighted by molar-refractivity contribution is 0.0963. The molecule has 0 saturated carbocycles. The standard InChI is InChI=1S/C19H27N5O2/c1-13-17(14(2)26-24-13)9-11-23-19(21-4)22-10-8-15-6-5-7-16(12-15)18(25)20-3/h5-7,12H,8-11H2,1-4H3,(H,20,25)(H2,21,22,23). The maximum absolute atomic E-state index is 11.7. The van der Waals surface area contributed by atoms with Gasteiger partial charge in [-0.15, -0.1) is 0 Å². The van der Waals surface area contributed by atoms with E-state index in [0.717, 1.165) is 54.5 Å². The minimum atomic E-state index is -0.0726. The molecule has 0 saturated heterocycles. The van der Waals surface area contributed by atoms with Crippen LogP contribution in [-0.2, 0) is 12.8 Å². The van der Waals surface area contributed by atoms with Crippen molar-refractivity contribution in [1.29, 1.82) is 0 Å². The monoisotopic (exact) mass is 357 g/mol. The molecule has 7 heteroatoms. The second kappa shape index (κ2) is 9.60. The van der Waals surface area contributed by atoms with Gasteiger partial charge in [-0.2, -0.15) is 0 Å².